The molecule has 2 aromatic rings. The van der Waals surface area contributed by atoms with E-state index in [0.717, 1.165) is 30.2 Å². The van der Waals surface area contributed by atoms with Gasteiger partial charge in [0.1, 0.15) is 17.1 Å². The molecule has 0 aliphatic carbocycles. The molecule has 3 rings (SSSR count). The van der Waals surface area contributed by atoms with Crippen molar-refractivity contribution in [3.8, 4) is 0 Å². The highest BCUT2D eigenvalue weighted by atomic mass is 16.5. The van der Waals surface area contributed by atoms with Crippen molar-refractivity contribution in [2.75, 3.05) is 13.1 Å². The molecule has 1 unspecified atom stereocenters. The smallest absolute Gasteiger partial charge is 0.259 e. The molecule has 0 radical (unpaired) electrons. The number of aromatic nitrogens is 3. The van der Waals surface area contributed by atoms with Gasteiger partial charge in [-0.1, -0.05) is 19.0 Å². The fourth-order valence-corrected chi connectivity index (χ4v) is 3.37. The van der Waals surface area contributed by atoms with Gasteiger partial charge in [0, 0.05) is 32.3 Å². The summed E-state index contributed by atoms with van der Waals surface area (Å²) in [7, 11) is 2.01. The van der Waals surface area contributed by atoms with Gasteiger partial charge in [-0.05, 0) is 26.2 Å². The molecular weight excluding hydrogens is 292 g/mol. The monoisotopic (exact) mass is 316 g/mol. The lowest BCUT2D eigenvalue weighted by Gasteiger charge is -2.17. The minimum Gasteiger partial charge on any atom is -0.361 e. The van der Waals surface area contributed by atoms with E-state index >= 15 is 0 Å². The number of rotatable bonds is 3. The van der Waals surface area contributed by atoms with Crippen LogP contribution in [-0.2, 0) is 7.05 Å². The molecule has 6 nitrogen and oxygen atoms in total. The van der Waals surface area contributed by atoms with Gasteiger partial charge in [0.2, 0.25) is 0 Å². The highest BCUT2D eigenvalue weighted by Gasteiger charge is 2.33. The zero-order valence-electron chi connectivity index (χ0n) is 14.5. The number of imidazole rings is 1. The average molecular weight is 316 g/mol. The van der Waals surface area contributed by atoms with Crippen molar-refractivity contribution >= 4 is 5.91 Å². The number of carbonyl (C=O) groups is 1. The second-order valence-corrected chi connectivity index (χ2v) is 6.74. The van der Waals surface area contributed by atoms with Gasteiger partial charge in [0.25, 0.3) is 5.91 Å². The molecule has 0 saturated carbocycles. The number of hydrogen-bond acceptors (Lipinski definition) is 4. The number of hydrogen-bond donors (Lipinski definition) is 0. The summed E-state index contributed by atoms with van der Waals surface area (Å²) in [6, 6.07) is 0. The topological polar surface area (TPSA) is 64.2 Å². The summed E-state index contributed by atoms with van der Waals surface area (Å²) in [5.41, 5.74) is 2.41. The van der Waals surface area contributed by atoms with E-state index in [1.165, 1.54) is 0 Å². The molecule has 1 aliphatic rings. The molecule has 0 spiro atoms. The van der Waals surface area contributed by atoms with Crippen molar-refractivity contribution in [3.63, 3.8) is 0 Å². The summed E-state index contributed by atoms with van der Waals surface area (Å²) < 4.78 is 7.33. The SMILES string of the molecule is Cc1cn(C)c(C2CCN(C(=O)c3c(C(C)C)noc3C)C2)n1. The zero-order chi connectivity index (χ0) is 16.7. The van der Waals surface area contributed by atoms with Crippen LogP contribution in [-0.4, -0.2) is 38.6 Å². The van der Waals surface area contributed by atoms with Crippen LogP contribution in [0.1, 0.15) is 65.4 Å². The minimum absolute atomic E-state index is 0.0286. The molecular formula is C17H24N4O2. The van der Waals surface area contributed by atoms with E-state index in [2.05, 4.69) is 14.7 Å². The number of nitrogens with zero attached hydrogens (tertiary/aromatic N) is 4. The van der Waals surface area contributed by atoms with E-state index in [9.17, 15) is 4.79 Å². The first-order valence-electron chi connectivity index (χ1n) is 8.13. The maximum absolute atomic E-state index is 12.9. The van der Waals surface area contributed by atoms with E-state index in [0.29, 0.717) is 23.8 Å². The lowest BCUT2D eigenvalue weighted by Crippen LogP contribution is -2.29. The molecule has 1 aliphatic heterocycles. The van der Waals surface area contributed by atoms with Gasteiger partial charge in [0.15, 0.2) is 0 Å². The Balaban J connectivity index is 1.81. The van der Waals surface area contributed by atoms with Gasteiger partial charge in [-0.15, -0.1) is 0 Å². The summed E-state index contributed by atoms with van der Waals surface area (Å²) in [5, 5.41) is 4.06. The summed E-state index contributed by atoms with van der Waals surface area (Å²) >= 11 is 0. The molecule has 6 heteroatoms. The molecule has 124 valence electrons. The van der Waals surface area contributed by atoms with Crippen molar-refractivity contribution in [1.82, 2.24) is 19.6 Å². The fourth-order valence-electron chi connectivity index (χ4n) is 3.37. The molecule has 0 aromatic carbocycles. The van der Waals surface area contributed by atoms with E-state index in [1.807, 2.05) is 45.8 Å². The Kier molecular flexibility index (Phi) is 4.00. The first kappa shape index (κ1) is 15.8. The van der Waals surface area contributed by atoms with Gasteiger partial charge >= 0.3 is 0 Å². The Hall–Kier alpha value is -2.11. The molecule has 1 saturated heterocycles. The Morgan fingerprint density at radius 2 is 2.13 bits per heavy atom. The maximum atomic E-state index is 12.9. The quantitative estimate of drug-likeness (QED) is 0.873. The second-order valence-electron chi connectivity index (χ2n) is 6.74. The van der Waals surface area contributed by atoms with Gasteiger partial charge in [-0.2, -0.15) is 0 Å². The van der Waals surface area contributed by atoms with Crippen molar-refractivity contribution < 1.29 is 9.32 Å². The van der Waals surface area contributed by atoms with Crippen molar-refractivity contribution in [2.24, 2.45) is 7.05 Å². The van der Waals surface area contributed by atoms with Crippen LogP contribution in [0.15, 0.2) is 10.7 Å². The maximum Gasteiger partial charge on any atom is 0.259 e. The Morgan fingerprint density at radius 3 is 2.74 bits per heavy atom. The molecule has 2 aromatic heterocycles. The lowest BCUT2D eigenvalue weighted by molar-refractivity contribution is 0.0787. The van der Waals surface area contributed by atoms with E-state index in [4.69, 9.17) is 4.52 Å². The third kappa shape index (κ3) is 2.78. The molecule has 1 atom stereocenters. The highest BCUT2D eigenvalue weighted by Crippen LogP contribution is 2.30. The van der Waals surface area contributed by atoms with Crippen LogP contribution < -0.4 is 0 Å². The van der Waals surface area contributed by atoms with E-state index < -0.39 is 0 Å². The van der Waals surface area contributed by atoms with Crippen LogP contribution in [0.2, 0.25) is 0 Å². The largest absolute Gasteiger partial charge is 0.361 e. The average Bonchev–Trinajstić information content (AvgIpc) is 3.16. The van der Waals surface area contributed by atoms with Crippen LogP contribution in [0.4, 0.5) is 0 Å². The van der Waals surface area contributed by atoms with Crippen LogP contribution >= 0.6 is 0 Å². The first-order valence-corrected chi connectivity index (χ1v) is 8.13. The van der Waals surface area contributed by atoms with E-state index in [-0.39, 0.29) is 11.8 Å². The summed E-state index contributed by atoms with van der Waals surface area (Å²) in [6.45, 7) is 9.30. The Morgan fingerprint density at radius 1 is 1.39 bits per heavy atom. The first-order chi connectivity index (χ1) is 10.9. The van der Waals surface area contributed by atoms with Crippen molar-refractivity contribution in [2.45, 2.75) is 46.0 Å². The second kappa shape index (κ2) is 5.83. The number of carbonyl (C=O) groups excluding carboxylic acids is 1. The van der Waals surface area contributed by atoms with Gasteiger partial charge in [-0.25, -0.2) is 4.98 Å². The van der Waals surface area contributed by atoms with Crippen molar-refractivity contribution in [3.05, 3.63) is 34.7 Å². The summed E-state index contributed by atoms with van der Waals surface area (Å²) in [6.07, 6.45) is 2.97. The minimum atomic E-state index is 0.0286. The zero-order valence-corrected chi connectivity index (χ0v) is 14.5. The molecule has 23 heavy (non-hydrogen) atoms. The number of likely N-dealkylation sites (tertiary alicyclic amines) is 1. The molecule has 1 amide bonds. The number of aryl methyl sites for hydroxylation is 3. The fraction of sp³-hybridized carbons (Fsp3) is 0.588. The van der Waals surface area contributed by atoms with Gasteiger partial charge < -0.3 is 14.0 Å². The third-order valence-corrected chi connectivity index (χ3v) is 4.52. The molecule has 0 N–H and O–H groups in total. The van der Waals surface area contributed by atoms with Crippen LogP contribution in [0, 0.1) is 13.8 Å². The normalized spacial score (nSPS) is 18.2. The third-order valence-electron chi connectivity index (χ3n) is 4.52. The van der Waals surface area contributed by atoms with E-state index in [1.54, 1.807) is 0 Å². The molecule has 3 heterocycles. The molecule has 1 fully saturated rings. The van der Waals surface area contributed by atoms with Crippen LogP contribution in [0.25, 0.3) is 0 Å². The molecule has 0 bridgehead atoms. The standard InChI is InChI=1S/C17H24N4O2/c1-10(2)15-14(12(4)23-19-15)17(22)21-7-6-13(9-21)16-18-11(3)8-20(16)5/h8,10,13H,6-7,9H2,1-5H3. The summed E-state index contributed by atoms with van der Waals surface area (Å²) in [5.74, 6) is 2.15. The predicted octanol–water partition coefficient (Wildman–Crippen LogP) is 2.78. The predicted molar refractivity (Wildman–Crippen MR) is 86.5 cm³/mol. The summed E-state index contributed by atoms with van der Waals surface area (Å²) in [4.78, 5) is 19.4. The Bertz CT molecular complexity index is 729. The number of amides is 1. The van der Waals surface area contributed by atoms with Crippen molar-refractivity contribution in [1.29, 1.82) is 0 Å². The Labute approximate surface area is 136 Å². The van der Waals surface area contributed by atoms with Crippen LogP contribution in [0.5, 0.6) is 0 Å². The van der Waals surface area contributed by atoms with Gasteiger partial charge in [-0.3, -0.25) is 4.79 Å². The highest BCUT2D eigenvalue weighted by molar-refractivity contribution is 5.96. The van der Waals surface area contributed by atoms with Gasteiger partial charge in [0.05, 0.1) is 11.4 Å². The lowest BCUT2D eigenvalue weighted by atomic mass is 10.0. The van der Waals surface area contributed by atoms with Crippen LogP contribution in [0.3, 0.4) is 0 Å².